The normalized spacial score (nSPS) is 15.3. The Kier molecular flexibility index (Phi) is 5.46. The van der Waals surface area contributed by atoms with Gasteiger partial charge in [0.05, 0.1) is 12.7 Å². The molecule has 1 amide bonds. The third kappa shape index (κ3) is 4.34. The van der Waals surface area contributed by atoms with E-state index >= 15 is 0 Å². The van der Waals surface area contributed by atoms with Gasteiger partial charge in [-0.25, -0.2) is 5.48 Å². The van der Waals surface area contributed by atoms with Gasteiger partial charge in [0, 0.05) is 24.3 Å². The number of nitrogens with zero attached hydrogens (tertiary/aromatic N) is 1. The highest BCUT2D eigenvalue weighted by Gasteiger charge is 2.17. The fourth-order valence-electron chi connectivity index (χ4n) is 2.77. The molecule has 0 bridgehead atoms. The van der Waals surface area contributed by atoms with Crippen molar-refractivity contribution in [3.8, 4) is 0 Å². The second-order valence-electron chi connectivity index (χ2n) is 5.97. The molecule has 0 spiro atoms. The Bertz CT molecular complexity index is 650. The Morgan fingerprint density at radius 3 is 2.42 bits per heavy atom. The molecule has 1 aliphatic heterocycles. The highest BCUT2D eigenvalue weighted by molar-refractivity contribution is 5.93. The summed E-state index contributed by atoms with van der Waals surface area (Å²) < 4.78 is 0. The number of hydrogen-bond acceptors (Lipinski definition) is 4. The van der Waals surface area contributed by atoms with Crippen LogP contribution in [0.4, 0.5) is 5.69 Å². The van der Waals surface area contributed by atoms with Crippen molar-refractivity contribution in [1.82, 2.24) is 5.48 Å². The van der Waals surface area contributed by atoms with Crippen LogP contribution in [0.1, 0.15) is 28.8 Å². The molecule has 3 rings (SSSR count). The number of aliphatic hydroxyl groups excluding tert-OH is 1. The van der Waals surface area contributed by atoms with Gasteiger partial charge < -0.3 is 10.0 Å². The number of benzene rings is 2. The van der Waals surface area contributed by atoms with Crippen molar-refractivity contribution in [2.75, 3.05) is 18.0 Å². The maximum absolute atomic E-state index is 12.1. The van der Waals surface area contributed by atoms with Gasteiger partial charge in [-0.15, -0.1) is 0 Å². The van der Waals surface area contributed by atoms with Crippen molar-refractivity contribution in [2.24, 2.45) is 0 Å². The number of amides is 1. The first-order valence-electron chi connectivity index (χ1n) is 8.21. The van der Waals surface area contributed by atoms with Gasteiger partial charge in [0.15, 0.2) is 0 Å². The first kappa shape index (κ1) is 16.5. The van der Waals surface area contributed by atoms with Crippen molar-refractivity contribution >= 4 is 11.6 Å². The van der Waals surface area contributed by atoms with Gasteiger partial charge >= 0.3 is 0 Å². The van der Waals surface area contributed by atoms with E-state index < -0.39 is 0 Å². The molecule has 0 aromatic heterocycles. The second-order valence-corrected chi connectivity index (χ2v) is 5.97. The van der Waals surface area contributed by atoms with Gasteiger partial charge in [0.2, 0.25) is 0 Å². The number of carbonyl (C=O) groups is 1. The number of anilines is 1. The van der Waals surface area contributed by atoms with Gasteiger partial charge in [-0.3, -0.25) is 9.63 Å². The summed E-state index contributed by atoms with van der Waals surface area (Å²) in [6.07, 6.45) is 1.39. The van der Waals surface area contributed by atoms with Crippen molar-refractivity contribution < 1.29 is 14.7 Å². The van der Waals surface area contributed by atoms with E-state index in [1.165, 1.54) is 0 Å². The number of rotatable bonds is 5. The van der Waals surface area contributed by atoms with E-state index in [1.807, 2.05) is 42.5 Å². The molecule has 1 heterocycles. The third-order valence-corrected chi connectivity index (χ3v) is 4.21. The Hall–Kier alpha value is -2.37. The van der Waals surface area contributed by atoms with Crippen LogP contribution in [0.15, 0.2) is 54.6 Å². The average molecular weight is 326 g/mol. The molecule has 1 aliphatic rings. The fraction of sp³-hybridized carbons (Fsp3) is 0.316. The number of piperidine rings is 1. The topological polar surface area (TPSA) is 61.8 Å². The zero-order chi connectivity index (χ0) is 16.8. The summed E-state index contributed by atoms with van der Waals surface area (Å²) in [4.78, 5) is 19.6. The maximum Gasteiger partial charge on any atom is 0.274 e. The predicted octanol–water partition coefficient (Wildman–Crippen LogP) is 2.51. The van der Waals surface area contributed by atoms with Gasteiger partial charge in [0.1, 0.15) is 0 Å². The van der Waals surface area contributed by atoms with Gasteiger partial charge in [-0.2, -0.15) is 0 Å². The Morgan fingerprint density at radius 2 is 1.75 bits per heavy atom. The summed E-state index contributed by atoms with van der Waals surface area (Å²) in [7, 11) is 0. The van der Waals surface area contributed by atoms with E-state index in [0.29, 0.717) is 12.2 Å². The van der Waals surface area contributed by atoms with Crippen LogP contribution in [0.3, 0.4) is 0 Å². The van der Waals surface area contributed by atoms with E-state index in [0.717, 1.165) is 37.2 Å². The monoisotopic (exact) mass is 326 g/mol. The summed E-state index contributed by atoms with van der Waals surface area (Å²) in [6, 6.07) is 17.1. The summed E-state index contributed by atoms with van der Waals surface area (Å²) in [6.45, 7) is 2.01. The predicted molar refractivity (Wildman–Crippen MR) is 92.6 cm³/mol. The first-order chi connectivity index (χ1) is 11.7. The van der Waals surface area contributed by atoms with Crippen LogP contribution in [-0.4, -0.2) is 30.2 Å². The molecule has 2 aromatic rings. The minimum absolute atomic E-state index is 0.187. The summed E-state index contributed by atoms with van der Waals surface area (Å²) in [5, 5.41) is 9.56. The summed E-state index contributed by atoms with van der Waals surface area (Å²) >= 11 is 0. The molecule has 0 aliphatic carbocycles. The molecule has 5 nitrogen and oxygen atoms in total. The number of nitrogens with one attached hydrogen (secondary N) is 1. The van der Waals surface area contributed by atoms with Crippen LogP contribution < -0.4 is 10.4 Å². The van der Waals surface area contributed by atoms with Crippen LogP contribution >= 0.6 is 0 Å². The number of carbonyl (C=O) groups excluding carboxylic acids is 1. The van der Waals surface area contributed by atoms with E-state index in [-0.39, 0.29) is 12.0 Å². The van der Waals surface area contributed by atoms with Crippen LogP contribution in [0.25, 0.3) is 0 Å². The van der Waals surface area contributed by atoms with Crippen LogP contribution in [-0.2, 0) is 11.4 Å². The lowest BCUT2D eigenvalue weighted by Gasteiger charge is -2.31. The Balaban J connectivity index is 1.50. The molecule has 126 valence electrons. The van der Waals surface area contributed by atoms with Crippen LogP contribution in [0, 0.1) is 0 Å². The number of hydrogen-bond donors (Lipinski definition) is 2. The molecular formula is C19H22N2O3. The molecule has 2 aromatic carbocycles. The minimum Gasteiger partial charge on any atom is -0.393 e. The summed E-state index contributed by atoms with van der Waals surface area (Å²) in [5.41, 5.74) is 5.10. The number of hydroxylamine groups is 1. The van der Waals surface area contributed by atoms with Crippen molar-refractivity contribution in [2.45, 2.75) is 25.6 Å². The SMILES string of the molecule is O=C(NOCc1ccccc1)c1ccc(N2CCC(O)CC2)cc1. The average Bonchev–Trinajstić information content (AvgIpc) is 2.63. The maximum atomic E-state index is 12.1. The molecule has 1 fully saturated rings. The third-order valence-electron chi connectivity index (χ3n) is 4.21. The molecule has 2 N–H and O–H groups in total. The molecular weight excluding hydrogens is 304 g/mol. The molecule has 1 saturated heterocycles. The fourth-order valence-corrected chi connectivity index (χ4v) is 2.77. The zero-order valence-electron chi connectivity index (χ0n) is 13.5. The Labute approximate surface area is 141 Å². The Morgan fingerprint density at radius 1 is 1.08 bits per heavy atom. The zero-order valence-corrected chi connectivity index (χ0v) is 13.5. The van der Waals surface area contributed by atoms with Crippen LogP contribution in [0.2, 0.25) is 0 Å². The van der Waals surface area contributed by atoms with E-state index in [4.69, 9.17) is 4.84 Å². The molecule has 5 heteroatoms. The highest BCUT2D eigenvalue weighted by Crippen LogP contribution is 2.20. The van der Waals surface area contributed by atoms with Crippen molar-refractivity contribution in [3.63, 3.8) is 0 Å². The lowest BCUT2D eigenvalue weighted by atomic mass is 10.1. The van der Waals surface area contributed by atoms with E-state index in [1.54, 1.807) is 12.1 Å². The smallest absolute Gasteiger partial charge is 0.274 e. The lowest BCUT2D eigenvalue weighted by Crippen LogP contribution is -2.35. The first-order valence-corrected chi connectivity index (χ1v) is 8.21. The second kappa shape index (κ2) is 7.95. The largest absolute Gasteiger partial charge is 0.393 e. The van der Waals surface area contributed by atoms with Gasteiger partial charge in [-0.1, -0.05) is 30.3 Å². The molecule has 0 radical (unpaired) electrons. The van der Waals surface area contributed by atoms with Gasteiger partial charge in [0.25, 0.3) is 5.91 Å². The molecule has 0 saturated carbocycles. The standard InChI is InChI=1S/C19H22N2O3/c22-18-10-12-21(13-11-18)17-8-6-16(7-9-17)19(23)20-24-14-15-4-2-1-3-5-15/h1-9,18,22H,10-14H2,(H,20,23). The summed E-state index contributed by atoms with van der Waals surface area (Å²) in [5.74, 6) is -0.258. The van der Waals surface area contributed by atoms with Gasteiger partial charge in [-0.05, 0) is 42.7 Å². The quantitative estimate of drug-likeness (QED) is 0.829. The highest BCUT2D eigenvalue weighted by atomic mass is 16.6. The van der Waals surface area contributed by atoms with E-state index in [2.05, 4.69) is 10.4 Å². The molecule has 24 heavy (non-hydrogen) atoms. The van der Waals surface area contributed by atoms with Crippen molar-refractivity contribution in [1.29, 1.82) is 0 Å². The molecule has 0 unspecified atom stereocenters. The number of aliphatic hydroxyl groups is 1. The van der Waals surface area contributed by atoms with Crippen LogP contribution in [0.5, 0.6) is 0 Å². The molecule has 0 atom stereocenters. The van der Waals surface area contributed by atoms with Crippen molar-refractivity contribution in [3.05, 3.63) is 65.7 Å². The minimum atomic E-state index is -0.258. The van der Waals surface area contributed by atoms with E-state index in [9.17, 15) is 9.90 Å². The lowest BCUT2D eigenvalue weighted by molar-refractivity contribution is 0.0233.